The summed E-state index contributed by atoms with van der Waals surface area (Å²) in [4.78, 5) is 14.1. The van der Waals surface area contributed by atoms with Crippen LogP contribution < -0.4 is 5.32 Å². The molecule has 0 aliphatic carbocycles. The van der Waals surface area contributed by atoms with Crippen molar-refractivity contribution in [1.29, 1.82) is 0 Å². The number of halogens is 2. The molecule has 1 amide bonds. The number of hydrogen-bond donors (Lipinski definition) is 1. The first-order valence-electron chi connectivity index (χ1n) is 7.44. The van der Waals surface area contributed by atoms with Crippen LogP contribution in [-0.2, 0) is 0 Å². The zero-order chi connectivity index (χ0) is 15.4. The number of rotatable bonds is 4. The van der Waals surface area contributed by atoms with Gasteiger partial charge in [0.05, 0.1) is 0 Å². The van der Waals surface area contributed by atoms with Gasteiger partial charge in [-0.25, -0.2) is 8.78 Å². The summed E-state index contributed by atoms with van der Waals surface area (Å²) in [6.07, 6.45) is 2.00. The van der Waals surface area contributed by atoms with Crippen LogP contribution in [0.15, 0.2) is 18.2 Å². The van der Waals surface area contributed by atoms with Crippen LogP contribution in [0.5, 0.6) is 0 Å². The van der Waals surface area contributed by atoms with Crippen molar-refractivity contribution in [2.75, 3.05) is 19.6 Å². The van der Waals surface area contributed by atoms with Gasteiger partial charge in [0.1, 0.15) is 11.6 Å². The topological polar surface area (TPSA) is 32.3 Å². The molecule has 1 aliphatic heterocycles. The zero-order valence-corrected chi connectivity index (χ0v) is 12.5. The predicted octanol–water partition coefficient (Wildman–Crippen LogP) is 2.82. The Kier molecular flexibility index (Phi) is 5.28. The molecule has 2 rings (SSSR count). The molecule has 0 bridgehead atoms. The minimum absolute atomic E-state index is 0.0879. The number of nitrogens with zero attached hydrogens (tertiary/aromatic N) is 1. The summed E-state index contributed by atoms with van der Waals surface area (Å²) in [5, 5.41) is 3.37. The van der Waals surface area contributed by atoms with Gasteiger partial charge in [-0.1, -0.05) is 13.8 Å². The van der Waals surface area contributed by atoms with Gasteiger partial charge in [0, 0.05) is 30.8 Å². The minimum Gasteiger partial charge on any atom is -0.338 e. The van der Waals surface area contributed by atoms with Crippen LogP contribution in [0.1, 0.15) is 37.0 Å². The summed E-state index contributed by atoms with van der Waals surface area (Å²) in [5.74, 6) is -1.33. The quantitative estimate of drug-likeness (QED) is 0.926. The molecule has 1 unspecified atom stereocenters. The van der Waals surface area contributed by atoms with Gasteiger partial charge < -0.3 is 10.2 Å². The van der Waals surface area contributed by atoms with E-state index in [0.717, 1.165) is 37.6 Å². The molecule has 1 aromatic rings. The predicted molar refractivity (Wildman–Crippen MR) is 78.1 cm³/mol. The van der Waals surface area contributed by atoms with E-state index >= 15 is 0 Å². The van der Waals surface area contributed by atoms with Crippen molar-refractivity contribution in [3.63, 3.8) is 0 Å². The summed E-state index contributed by atoms with van der Waals surface area (Å²) < 4.78 is 26.4. The van der Waals surface area contributed by atoms with E-state index in [1.165, 1.54) is 0 Å². The fourth-order valence-corrected chi connectivity index (χ4v) is 2.68. The normalized spacial score (nSPS) is 19.1. The smallest absolute Gasteiger partial charge is 0.254 e. The van der Waals surface area contributed by atoms with Crippen molar-refractivity contribution in [2.24, 2.45) is 5.92 Å². The average molecular weight is 296 g/mol. The van der Waals surface area contributed by atoms with E-state index in [9.17, 15) is 13.6 Å². The monoisotopic (exact) mass is 296 g/mol. The highest BCUT2D eigenvalue weighted by atomic mass is 19.1. The molecule has 1 N–H and O–H groups in total. The molecule has 5 heteroatoms. The number of amides is 1. The molecular formula is C16H22F2N2O. The van der Waals surface area contributed by atoms with E-state index in [2.05, 4.69) is 19.2 Å². The van der Waals surface area contributed by atoms with Gasteiger partial charge in [0.2, 0.25) is 0 Å². The van der Waals surface area contributed by atoms with Gasteiger partial charge in [-0.15, -0.1) is 0 Å². The number of carbonyl (C=O) groups excluding carboxylic acids is 1. The van der Waals surface area contributed by atoms with Crippen LogP contribution >= 0.6 is 0 Å². The molecule has 21 heavy (non-hydrogen) atoms. The Hall–Kier alpha value is -1.49. The standard InChI is InChI=1S/C16H22F2N2O/c1-11(2)19-9-12-4-3-5-20(10-12)16(21)13-6-14(17)8-15(18)7-13/h6-8,11-12,19H,3-5,9-10H2,1-2H3. The Morgan fingerprint density at radius 1 is 1.33 bits per heavy atom. The van der Waals surface area contributed by atoms with Crippen molar-refractivity contribution >= 4 is 5.91 Å². The summed E-state index contributed by atoms with van der Waals surface area (Å²) in [6, 6.07) is 3.39. The van der Waals surface area contributed by atoms with Crippen molar-refractivity contribution in [1.82, 2.24) is 10.2 Å². The van der Waals surface area contributed by atoms with Gasteiger partial charge in [0.15, 0.2) is 0 Å². The van der Waals surface area contributed by atoms with Gasteiger partial charge in [-0.3, -0.25) is 4.79 Å². The van der Waals surface area contributed by atoms with E-state index < -0.39 is 11.6 Å². The molecule has 1 aliphatic rings. The third-order valence-electron chi connectivity index (χ3n) is 3.73. The second-order valence-electron chi connectivity index (χ2n) is 5.98. The Labute approximate surface area is 124 Å². The molecule has 0 saturated carbocycles. The number of piperidine rings is 1. The Bertz CT molecular complexity index is 485. The second kappa shape index (κ2) is 6.98. The Morgan fingerprint density at radius 3 is 2.62 bits per heavy atom. The lowest BCUT2D eigenvalue weighted by Crippen LogP contribution is -2.43. The minimum atomic E-state index is -0.714. The van der Waals surface area contributed by atoms with Crippen LogP contribution in [0, 0.1) is 17.6 Å². The highest BCUT2D eigenvalue weighted by Gasteiger charge is 2.25. The number of carbonyl (C=O) groups is 1. The summed E-state index contributed by atoms with van der Waals surface area (Å²) in [5.41, 5.74) is 0.0879. The molecule has 0 radical (unpaired) electrons. The van der Waals surface area contributed by atoms with Gasteiger partial charge in [-0.05, 0) is 37.4 Å². The molecule has 3 nitrogen and oxygen atoms in total. The first-order valence-corrected chi connectivity index (χ1v) is 7.44. The molecule has 1 saturated heterocycles. The number of benzene rings is 1. The number of likely N-dealkylation sites (tertiary alicyclic amines) is 1. The molecule has 1 atom stereocenters. The molecule has 1 aromatic carbocycles. The lowest BCUT2D eigenvalue weighted by Gasteiger charge is -2.33. The highest BCUT2D eigenvalue weighted by Crippen LogP contribution is 2.19. The maximum atomic E-state index is 13.2. The van der Waals surface area contributed by atoms with E-state index in [0.29, 0.717) is 25.0 Å². The molecule has 116 valence electrons. The third-order valence-corrected chi connectivity index (χ3v) is 3.73. The molecule has 1 fully saturated rings. The fourth-order valence-electron chi connectivity index (χ4n) is 2.68. The Morgan fingerprint density at radius 2 is 2.00 bits per heavy atom. The van der Waals surface area contributed by atoms with E-state index in [1.807, 2.05) is 0 Å². The first kappa shape index (κ1) is 15.9. The Balaban J connectivity index is 2.01. The second-order valence-corrected chi connectivity index (χ2v) is 5.98. The SMILES string of the molecule is CC(C)NCC1CCCN(C(=O)c2cc(F)cc(F)c2)C1. The molecule has 1 heterocycles. The third kappa shape index (κ3) is 4.49. The van der Waals surface area contributed by atoms with E-state index in [-0.39, 0.29) is 11.5 Å². The van der Waals surface area contributed by atoms with E-state index in [4.69, 9.17) is 0 Å². The molecular weight excluding hydrogens is 274 g/mol. The molecule has 0 spiro atoms. The maximum absolute atomic E-state index is 13.2. The lowest BCUT2D eigenvalue weighted by atomic mass is 9.97. The number of nitrogens with one attached hydrogen (secondary N) is 1. The number of hydrogen-bond acceptors (Lipinski definition) is 2. The molecule has 0 aromatic heterocycles. The van der Waals surface area contributed by atoms with Crippen molar-refractivity contribution < 1.29 is 13.6 Å². The van der Waals surface area contributed by atoms with Crippen LogP contribution in [0.25, 0.3) is 0 Å². The van der Waals surface area contributed by atoms with Gasteiger partial charge in [0.25, 0.3) is 5.91 Å². The largest absolute Gasteiger partial charge is 0.338 e. The van der Waals surface area contributed by atoms with Crippen molar-refractivity contribution in [3.8, 4) is 0 Å². The van der Waals surface area contributed by atoms with Gasteiger partial charge >= 0.3 is 0 Å². The lowest BCUT2D eigenvalue weighted by molar-refractivity contribution is 0.0671. The van der Waals surface area contributed by atoms with Crippen molar-refractivity contribution in [2.45, 2.75) is 32.7 Å². The maximum Gasteiger partial charge on any atom is 0.254 e. The van der Waals surface area contributed by atoms with Crippen LogP contribution in [0.2, 0.25) is 0 Å². The van der Waals surface area contributed by atoms with Crippen LogP contribution in [0.4, 0.5) is 8.78 Å². The van der Waals surface area contributed by atoms with Crippen LogP contribution in [0.3, 0.4) is 0 Å². The zero-order valence-electron chi connectivity index (χ0n) is 12.5. The fraction of sp³-hybridized carbons (Fsp3) is 0.562. The first-order chi connectivity index (χ1) is 9.95. The summed E-state index contributed by atoms with van der Waals surface area (Å²) in [7, 11) is 0. The summed E-state index contributed by atoms with van der Waals surface area (Å²) >= 11 is 0. The van der Waals surface area contributed by atoms with Gasteiger partial charge in [-0.2, -0.15) is 0 Å². The average Bonchev–Trinajstić information content (AvgIpc) is 2.43. The highest BCUT2D eigenvalue weighted by molar-refractivity contribution is 5.94. The van der Waals surface area contributed by atoms with Crippen LogP contribution in [-0.4, -0.2) is 36.5 Å². The van der Waals surface area contributed by atoms with E-state index in [1.54, 1.807) is 4.90 Å². The van der Waals surface area contributed by atoms with Crippen molar-refractivity contribution in [3.05, 3.63) is 35.4 Å². The summed E-state index contributed by atoms with van der Waals surface area (Å²) in [6.45, 7) is 6.31.